The molecule has 0 aromatic carbocycles. The zero-order valence-corrected chi connectivity index (χ0v) is 6.50. The molecular formula is C5H8INO. The summed E-state index contributed by atoms with van der Waals surface area (Å²) >= 11 is 2.08. The van der Waals surface area contributed by atoms with Crippen LogP contribution in [-0.2, 0) is 0 Å². The Morgan fingerprint density at radius 1 is 1.75 bits per heavy atom. The molecule has 0 spiro atoms. The van der Waals surface area contributed by atoms with E-state index in [-0.39, 0.29) is 6.61 Å². The Kier molecular flexibility index (Phi) is 5.09. The quantitative estimate of drug-likeness (QED) is 0.538. The molecule has 0 rings (SSSR count). The van der Waals surface area contributed by atoms with Gasteiger partial charge in [-0.25, -0.2) is 0 Å². The van der Waals surface area contributed by atoms with E-state index in [0.717, 1.165) is 3.58 Å². The van der Waals surface area contributed by atoms with Crippen molar-refractivity contribution in [3.05, 3.63) is 21.9 Å². The van der Waals surface area contributed by atoms with Crippen LogP contribution in [-0.4, -0.2) is 11.7 Å². The van der Waals surface area contributed by atoms with Gasteiger partial charge in [0, 0.05) is 3.58 Å². The van der Waals surface area contributed by atoms with E-state index in [1.54, 1.807) is 12.2 Å². The lowest BCUT2D eigenvalue weighted by Gasteiger charge is -1.82. The third kappa shape index (κ3) is 4.14. The summed E-state index contributed by atoms with van der Waals surface area (Å²) in [4.78, 5) is 0. The Morgan fingerprint density at radius 2 is 2.38 bits per heavy atom. The first kappa shape index (κ1) is 7.97. The van der Waals surface area contributed by atoms with Crippen LogP contribution in [0.1, 0.15) is 0 Å². The van der Waals surface area contributed by atoms with Crippen LogP contribution in [0, 0.1) is 0 Å². The van der Waals surface area contributed by atoms with E-state index >= 15 is 0 Å². The number of hydrogen-bond donors (Lipinski definition) is 2. The number of aliphatic hydroxyl groups is 1. The van der Waals surface area contributed by atoms with Crippen LogP contribution >= 0.6 is 22.6 Å². The van der Waals surface area contributed by atoms with Crippen molar-refractivity contribution in [1.29, 1.82) is 0 Å². The standard InChI is InChI=1S/C5H8INO/c6-5(1-3-7)2-4-8/h1-3,8H,4,7H2/b3-1-,5-2+. The lowest BCUT2D eigenvalue weighted by molar-refractivity contribution is 0.342. The maximum Gasteiger partial charge on any atom is 0.0625 e. The zero-order valence-electron chi connectivity index (χ0n) is 4.34. The molecule has 0 aliphatic carbocycles. The number of aliphatic hydroxyl groups excluding tert-OH is 1. The Hall–Kier alpha value is -0.0300. The van der Waals surface area contributed by atoms with Gasteiger partial charge in [0.1, 0.15) is 0 Å². The fraction of sp³-hybridized carbons (Fsp3) is 0.200. The lowest BCUT2D eigenvalue weighted by atomic mass is 10.5. The molecule has 0 saturated heterocycles. The number of allylic oxidation sites excluding steroid dienone is 2. The van der Waals surface area contributed by atoms with Crippen LogP contribution < -0.4 is 5.73 Å². The monoisotopic (exact) mass is 225 g/mol. The van der Waals surface area contributed by atoms with E-state index in [9.17, 15) is 0 Å². The van der Waals surface area contributed by atoms with Gasteiger partial charge in [0.15, 0.2) is 0 Å². The van der Waals surface area contributed by atoms with E-state index in [4.69, 9.17) is 10.8 Å². The highest BCUT2D eigenvalue weighted by molar-refractivity contribution is 14.1. The molecule has 0 aliphatic rings. The minimum absolute atomic E-state index is 0.0720. The normalized spacial score (nSPS) is 13.0. The van der Waals surface area contributed by atoms with Gasteiger partial charge in [-0.1, -0.05) is 0 Å². The summed E-state index contributed by atoms with van der Waals surface area (Å²) in [6.07, 6.45) is 4.83. The molecule has 0 aromatic heterocycles. The van der Waals surface area contributed by atoms with E-state index in [1.165, 1.54) is 6.20 Å². The first-order valence-corrected chi connectivity index (χ1v) is 3.24. The van der Waals surface area contributed by atoms with Gasteiger partial charge in [-0.3, -0.25) is 0 Å². The summed E-state index contributed by atoms with van der Waals surface area (Å²) in [5.41, 5.74) is 5.05. The van der Waals surface area contributed by atoms with Gasteiger partial charge < -0.3 is 10.8 Å². The predicted molar refractivity (Wildman–Crippen MR) is 42.5 cm³/mol. The van der Waals surface area contributed by atoms with E-state index in [0.29, 0.717) is 0 Å². The van der Waals surface area contributed by atoms with Crippen molar-refractivity contribution in [2.75, 3.05) is 6.61 Å². The summed E-state index contributed by atoms with van der Waals surface area (Å²) in [6, 6.07) is 0. The molecule has 46 valence electrons. The average molecular weight is 225 g/mol. The van der Waals surface area contributed by atoms with Crippen LogP contribution in [0.25, 0.3) is 0 Å². The Morgan fingerprint density at radius 3 is 2.75 bits per heavy atom. The van der Waals surface area contributed by atoms with Crippen molar-refractivity contribution in [2.24, 2.45) is 5.73 Å². The fourth-order valence-corrected chi connectivity index (χ4v) is 0.652. The third-order valence-corrected chi connectivity index (χ3v) is 1.34. The number of rotatable bonds is 2. The summed E-state index contributed by atoms with van der Waals surface area (Å²) in [5.74, 6) is 0. The van der Waals surface area contributed by atoms with Crippen molar-refractivity contribution in [1.82, 2.24) is 0 Å². The Labute approximate surface area is 62.2 Å². The first-order valence-electron chi connectivity index (χ1n) is 2.16. The average Bonchev–Trinajstić information content (AvgIpc) is 1.68. The van der Waals surface area contributed by atoms with Crippen molar-refractivity contribution in [3.8, 4) is 0 Å². The van der Waals surface area contributed by atoms with Gasteiger partial charge in [-0.2, -0.15) is 0 Å². The maximum atomic E-state index is 8.31. The van der Waals surface area contributed by atoms with Crippen molar-refractivity contribution < 1.29 is 5.11 Å². The molecule has 0 atom stereocenters. The first-order chi connectivity index (χ1) is 3.81. The van der Waals surface area contributed by atoms with Gasteiger partial charge in [0.05, 0.1) is 6.61 Å². The number of hydrogen-bond acceptors (Lipinski definition) is 2. The van der Waals surface area contributed by atoms with Gasteiger partial charge in [-0.05, 0) is 40.9 Å². The van der Waals surface area contributed by atoms with Gasteiger partial charge in [0.25, 0.3) is 0 Å². The van der Waals surface area contributed by atoms with Crippen LogP contribution in [0.4, 0.5) is 0 Å². The molecule has 3 heteroatoms. The summed E-state index contributed by atoms with van der Waals surface area (Å²) < 4.78 is 0.951. The predicted octanol–water partition coefficient (Wildman–Crippen LogP) is 0.770. The smallest absolute Gasteiger partial charge is 0.0625 e. The van der Waals surface area contributed by atoms with E-state index < -0.39 is 0 Å². The molecule has 3 N–H and O–H groups in total. The van der Waals surface area contributed by atoms with Crippen LogP contribution in [0.3, 0.4) is 0 Å². The minimum Gasteiger partial charge on any atom is -0.405 e. The minimum atomic E-state index is 0.0720. The molecule has 0 aliphatic heterocycles. The maximum absolute atomic E-state index is 8.31. The largest absolute Gasteiger partial charge is 0.405 e. The summed E-state index contributed by atoms with van der Waals surface area (Å²) in [5, 5.41) is 8.31. The highest BCUT2D eigenvalue weighted by Gasteiger charge is 1.77. The highest BCUT2D eigenvalue weighted by atomic mass is 127. The fourth-order valence-electron chi connectivity index (χ4n) is 0.247. The Bertz CT molecular complexity index is 109. The number of halogens is 1. The van der Waals surface area contributed by atoms with Crippen LogP contribution in [0.5, 0.6) is 0 Å². The van der Waals surface area contributed by atoms with Gasteiger partial charge in [0.2, 0.25) is 0 Å². The number of nitrogens with two attached hydrogens (primary N) is 1. The highest BCUT2D eigenvalue weighted by Crippen LogP contribution is 2.04. The molecule has 0 amide bonds. The molecule has 0 saturated carbocycles. The van der Waals surface area contributed by atoms with Crippen molar-refractivity contribution >= 4 is 22.6 Å². The molecule has 0 bridgehead atoms. The topological polar surface area (TPSA) is 46.2 Å². The second-order valence-corrected chi connectivity index (χ2v) is 2.38. The molecular weight excluding hydrogens is 217 g/mol. The second kappa shape index (κ2) is 5.11. The Balaban J connectivity index is 3.61. The molecule has 0 aromatic rings. The van der Waals surface area contributed by atoms with Gasteiger partial charge >= 0.3 is 0 Å². The third-order valence-electron chi connectivity index (χ3n) is 0.542. The SMILES string of the molecule is N/C=C\C(I)=C/CO. The molecule has 0 unspecified atom stereocenters. The van der Waals surface area contributed by atoms with Crippen LogP contribution in [0.2, 0.25) is 0 Å². The molecule has 0 radical (unpaired) electrons. The molecule has 0 fully saturated rings. The lowest BCUT2D eigenvalue weighted by Crippen LogP contribution is -1.77. The van der Waals surface area contributed by atoms with E-state index in [1.807, 2.05) is 0 Å². The van der Waals surface area contributed by atoms with Gasteiger partial charge in [-0.15, -0.1) is 0 Å². The summed E-state index contributed by atoms with van der Waals surface area (Å²) in [6.45, 7) is 0.0720. The zero-order chi connectivity index (χ0) is 6.41. The van der Waals surface area contributed by atoms with Crippen LogP contribution in [0.15, 0.2) is 21.9 Å². The summed E-state index contributed by atoms with van der Waals surface area (Å²) in [7, 11) is 0. The second-order valence-electron chi connectivity index (χ2n) is 1.13. The van der Waals surface area contributed by atoms with E-state index in [2.05, 4.69) is 22.6 Å². The molecule has 2 nitrogen and oxygen atoms in total. The molecule has 8 heavy (non-hydrogen) atoms. The van der Waals surface area contributed by atoms with Crippen molar-refractivity contribution in [3.63, 3.8) is 0 Å². The van der Waals surface area contributed by atoms with Crippen molar-refractivity contribution in [2.45, 2.75) is 0 Å². The molecule has 0 heterocycles.